The van der Waals surface area contributed by atoms with Crippen LogP contribution in [0.25, 0.3) is 0 Å². The highest BCUT2D eigenvalue weighted by Gasteiger charge is 2.28. The van der Waals surface area contributed by atoms with Gasteiger partial charge in [-0.3, -0.25) is 0 Å². The molecule has 4 atom stereocenters. The summed E-state index contributed by atoms with van der Waals surface area (Å²) in [5, 5.41) is 15.0. The van der Waals surface area contributed by atoms with Gasteiger partial charge in [0.25, 0.3) is 0 Å². The lowest BCUT2D eigenvalue weighted by Crippen LogP contribution is -2.41. The molecule has 0 saturated heterocycles. The van der Waals surface area contributed by atoms with Gasteiger partial charge in [0.15, 0.2) is 0 Å². The van der Waals surface area contributed by atoms with Gasteiger partial charge in [-0.15, -0.1) is 0 Å². The van der Waals surface area contributed by atoms with Crippen LogP contribution in [0.15, 0.2) is 36.4 Å². The Kier molecular flexibility index (Phi) is 6.01. The van der Waals surface area contributed by atoms with Crippen molar-refractivity contribution in [2.24, 2.45) is 5.92 Å². The van der Waals surface area contributed by atoms with Crippen molar-refractivity contribution in [2.45, 2.75) is 50.9 Å². The molecule has 1 N–H and O–H groups in total. The number of rotatable bonds is 6. The van der Waals surface area contributed by atoms with E-state index in [9.17, 15) is 13.9 Å². The van der Waals surface area contributed by atoms with Crippen LogP contribution in [0.4, 0.5) is 8.78 Å². The zero-order chi connectivity index (χ0) is 20.4. The Labute approximate surface area is 169 Å². The molecule has 1 radical (unpaired) electrons. The zero-order valence-corrected chi connectivity index (χ0v) is 16.5. The third kappa shape index (κ3) is 4.70. The van der Waals surface area contributed by atoms with Gasteiger partial charge in [0, 0.05) is 19.0 Å². The van der Waals surface area contributed by atoms with Gasteiger partial charge in [-0.25, -0.2) is 14.1 Å². The van der Waals surface area contributed by atoms with Crippen LogP contribution in [-0.4, -0.2) is 36.5 Å². The summed E-state index contributed by atoms with van der Waals surface area (Å²) >= 11 is 0. The predicted octanol–water partition coefficient (Wildman–Crippen LogP) is 3.65. The number of halogens is 2. The highest BCUT2D eigenvalue weighted by molar-refractivity contribution is 5.36. The van der Waals surface area contributed by atoms with Crippen molar-refractivity contribution in [2.75, 3.05) is 13.1 Å². The fraction of sp³-hybridized carbons (Fsp3) is 0.478. The smallest absolute Gasteiger partial charge is 0.126 e. The number of fused-ring (bicyclic) bond motifs is 2. The maximum absolute atomic E-state index is 13.3. The molecule has 0 bridgehead atoms. The first kappa shape index (κ1) is 20.1. The third-order valence-corrected chi connectivity index (χ3v) is 5.80. The molecular formula is C23H26F2NO3. The predicted molar refractivity (Wildman–Crippen MR) is 105 cm³/mol. The van der Waals surface area contributed by atoms with E-state index in [1.54, 1.807) is 12.1 Å². The van der Waals surface area contributed by atoms with E-state index in [0.29, 0.717) is 31.7 Å². The van der Waals surface area contributed by atoms with Crippen LogP contribution in [-0.2, 0) is 12.8 Å². The molecule has 29 heavy (non-hydrogen) atoms. The molecule has 0 aliphatic carbocycles. The second-order valence-corrected chi connectivity index (χ2v) is 8.03. The molecule has 2 aromatic carbocycles. The highest BCUT2D eigenvalue weighted by atomic mass is 19.1. The van der Waals surface area contributed by atoms with E-state index in [1.165, 1.54) is 24.3 Å². The van der Waals surface area contributed by atoms with Crippen LogP contribution in [0.2, 0.25) is 0 Å². The Balaban J connectivity index is 1.24. The molecule has 2 heterocycles. The van der Waals surface area contributed by atoms with Crippen molar-refractivity contribution in [3.8, 4) is 11.5 Å². The summed E-state index contributed by atoms with van der Waals surface area (Å²) in [4.78, 5) is 0. The lowest BCUT2D eigenvalue weighted by Gasteiger charge is -2.31. The Morgan fingerprint density at radius 3 is 2.10 bits per heavy atom. The number of hydrogen-bond donors (Lipinski definition) is 1. The molecule has 2 aliphatic heterocycles. The van der Waals surface area contributed by atoms with Crippen molar-refractivity contribution < 1.29 is 23.4 Å². The fourth-order valence-corrected chi connectivity index (χ4v) is 4.07. The number of nitrogens with zero attached hydrogens (tertiary/aromatic N) is 1. The van der Waals surface area contributed by atoms with E-state index >= 15 is 0 Å². The van der Waals surface area contributed by atoms with Gasteiger partial charge in [-0.2, -0.15) is 0 Å². The molecule has 0 fully saturated rings. The maximum atomic E-state index is 13.3. The summed E-state index contributed by atoms with van der Waals surface area (Å²) in [7, 11) is 0. The Morgan fingerprint density at radius 2 is 1.48 bits per heavy atom. The second-order valence-electron chi connectivity index (χ2n) is 8.03. The first-order chi connectivity index (χ1) is 14.0. The quantitative estimate of drug-likeness (QED) is 0.803. The van der Waals surface area contributed by atoms with Crippen LogP contribution in [0.1, 0.15) is 30.9 Å². The maximum Gasteiger partial charge on any atom is 0.126 e. The molecule has 155 valence electrons. The minimum atomic E-state index is -0.698. The summed E-state index contributed by atoms with van der Waals surface area (Å²) in [5.74, 6) is 1.07. The average Bonchev–Trinajstić information content (AvgIpc) is 2.72. The van der Waals surface area contributed by atoms with Crippen LogP contribution in [0, 0.1) is 17.6 Å². The Bertz CT molecular complexity index is 791. The van der Waals surface area contributed by atoms with E-state index in [1.807, 2.05) is 0 Å². The van der Waals surface area contributed by atoms with E-state index < -0.39 is 6.10 Å². The fourth-order valence-electron chi connectivity index (χ4n) is 4.07. The average molecular weight is 402 g/mol. The molecule has 2 aromatic rings. The number of ether oxygens (including phenoxy) is 2. The summed E-state index contributed by atoms with van der Waals surface area (Å²) in [5.41, 5.74) is 1.75. The first-order valence-corrected chi connectivity index (χ1v) is 10.2. The van der Waals surface area contributed by atoms with E-state index in [0.717, 1.165) is 29.7 Å². The normalized spacial score (nSPS) is 22.6. The topological polar surface area (TPSA) is 52.8 Å². The number of benzene rings is 2. The van der Waals surface area contributed by atoms with Gasteiger partial charge >= 0.3 is 0 Å². The lowest BCUT2D eigenvalue weighted by molar-refractivity contribution is 0.0221. The Hall–Kier alpha value is -2.18. The summed E-state index contributed by atoms with van der Waals surface area (Å²) in [6.07, 6.45) is 1.94. The second kappa shape index (κ2) is 8.67. The standard InChI is InChI=1S/C23H26F2NO3/c1-14(20-6-2-15-10-17(24)4-8-21(15)28-20)12-26-13-19(27)23-7-3-16-11-18(25)5-9-22(16)29-23/h4-5,8-11,14,19-20,23,27H,2-3,6-7,12-13H2,1H3/t14-,19-,20?,23+/m1/s1. The number of aliphatic hydroxyl groups is 1. The van der Waals surface area contributed by atoms with Gasteiger partial charge < -0.3 is 14.6 Å². The molecular weight excluding hydrogens is 376 g/mol. The van der Waals surface area contributed by atoms with Crippen LogP contribution < -0.4 is 14.8 Å². The number of hydrogen-bond acceptors (Lipinski definition) is 3. The van der Waals surface area contributed by atoms with Gasteiger partial charge in [-0.05, 0) is 73.2 Å². The van der Waals surface area contributed by atoms with Gasteiger partial charge in [0.05, 0.1) is 0 Å². The molecule has 0 saturated carbocycles. The van der Waals surface area contributed by atoms with Crippen molar-refractivity contribution in [3.63, 3.8) is 0 Å². The number of aryl methyl sites for hydroxylation is 2. The largest absolute Gasteiger partial charge is 0.490 e. The van der Waals surface area contributed by atoms with E-state index in [-0.39, 0.29) is 29.8 Å². The zero-order valence-electron chi connectivity index (χ0n) is 16.5. The molecule has 4 nitrogen and oxygen atoms in total. The summed E-state index contributed by atoms with van der Waals surface area (Å²) in [6.45, 7) is 2.95. The molecule has 2 aliphatic rings. The SMILES string of the molecule is C[C@H](C[N]C[C@@H](O)[C@@H]1CCc2cc(F)ccc2O1)C1CCc2cc(F)ccc2O1. The minimum absolute atomic E-state index is 0.0292. The lowest BCUT2D eigenvalue weighted by atomic mass is 9.94. The molecule has 4 rings (SSSR count). The van der Waals surface area contributed by atoms with Gasteiger partial charge in [0.2, 0.25) is 0 Å². The third-order valence-electron chi connectivity index (χ3n) is 5.80. The summed E-state index contributed by atoms with van der Waals surface area (Å²) in [6, 6.07) is 9.12. The van der Waals surface area contributed by atoms with E-state index in [2.05, 4.69) is 12.2 Å². The molecule has 0 spiro atoms. The molecule has 0 aromatic heterocycles. The van der Waals surface area contributed by atoms with Crippen molar-refractivity contribution in [1.82, 2.24) is 5.32 Å². The first-order valence-electron chi connectivity index (χ1n) is 10.2. The highest BCUT2D eigenvalue weighted by Crippen LogP contribution is 2.31. The van der Waals surface area contributed by atoms with Crippen molar-refractivity contribution >= 4 is 0 Å². The summed E-state index contributed by atoms with van der Waals surface area (Å²) < 4.78 is 38.5. The molecule has 6 heteroatoms. The van der Waals surface area contributed by atoms with Crippen molar-refractivity contribution in [1.29, 1.82) is 0 Å². The van der Waals surface area contributed by atoms with Gasteiger partial charge in [0.1, 0.15) is 41.4 Å². The molecule has 1 unspecified atom stereocenters. The van der Waals surface area contributed by atoms with Crippen molar-refractivity contribution in [3.05, 3.63) is 59.2 Å². The van der Waals surface area contributed by atoms with Crippen LogP contribution >= 0.6 is 0 Å². The Morgan fingerprint density at radius 1 is 0.931 bits per heavy atom. The molecule has 0 amide bonds. The van der Waals surface area contributed by atoms with Gasteiger partial charge in [-0.1, -0.05) is 6.92 Å². The van der Waals surface area contributed by atoms with Crippen LogP contribution in [0.5, 0.6) is 11.5 Å². The minimum Gasteiger partial charge on any atom is -0.490 e. The monoisotopic (exact) mass is 402 g/mol. The van der Waals surface area contributed by atoms with E-state index in [4.69, 9.17) is 9.47 Å². The number of aliphatic hydroxyl groups excluding tert-OH is 1. The van der Waals surface area contributed by atoms with Crippen LogP contribution in [0.3, 0.4) is 0 Å².